The van der Waals surface area contributed by atoms with Crippen molar-refractivity contribution in [2.75, 3.05) is 25.2 Å². The Balaban J connectivity index is 2.09. The van der Waals surface area contributed by atoms with Gasteiger partial charge in [0.15, 0.2) is 0 Å². The minimum Gasteiger partial charge on any atom is -0.377 e. The lowest BCUT2D eigenvalue weighted by Crippen LogP contribution is -2.25. The normalized spacial score (nSPS) is 26.3. The first-order valence-corrected chi connectivity index (χ1v) is 6.85. The number of hydrogen-bond acceptors (Lipinski definition) is 3. The third-order valence-corrected chi connectivity index (χ3v) is 4.10. The van der Waals surface area contributed by atoms with E-state index in [4.69, 9.17) is 4.74 Å². The number of ether oxygens (including phenoxy) is 1. The van der Waals surface area contributed by atoms with Crippen LogP contribution in [0.5, 0.6) is 0 Å². The third-order valence-electron chi connectivity index (χ3n) is 2.67. The van der Waals surface area contributed by atoms with Crippen LogP contribution in [0.2, 0.25) is 0 Å². The summed E-state index contributed by atoms with van der Waals surface area (Å²) in [6.45, 7) is 2.97. The zero-order valence-electron chi connectivity index (χ0n) is 9.12. The molecule has 0 aromatic carbocycles. The third kappa shape index (κ3) is 4.53. The summed E-state index contributed by atoms with van der Waals surface area (Å²) in [6.07, 6.45) is 3.47. The highest BCUT2D eigenvalue weighted by atomic mass is 32.2. The van der Waals surface area contributed by atoms with Crippen molar-refractivity contribution in [3.8, 4) is 0 Å². The van der Waals surface area contributed by atoms with E-state index in [0.717, 1.165) is 37.4 Å². The fourth-order valence-corrected chi connectivity index (χ4v) is 2.98. The van der Waals surface area contributed by atoms with Crippen molar-refractivity contribution in [2.45, 2.75) is 38.3 Å². The second kappa shape index (κ2) is 6.53. The van der Waals surface area contributed by atoms with Gasteiger partial charge >= 0.3 is 0 Å². The Morgan fingerprint density at radius 1 is 1.64 bits per heavy atom. The van der Waals surface area contributed by atoms with Crippen LogP contribution in [0.1, 0.15) is 26.2 Å². The van der Waals surface area contributed by atoms with E-state index < -0.39 is 10.8 Å². The molecule has 4 heteroatoms. The molecule has 1 aliphatic heterocycles. The molecular weight excluding hydrogens is 198 g/mol. The first-order valence-electron chi connectivity index (χ1n) is 5.36. The van der Waals surface area contributed by atoms with Gasteiger partial charge in [0.1, 0.15) is 0 Å². The highest BCUT2D eigenvalue weighted by molar-refractivity contribution is 7.85. The smallest absolute Gasteiger partial charge is 0.0691 e. The lowest BCUT2D eigenvalue weighted by Gasteiger charge is -2.11. The monoisotopic (exact) mass is 219 g/mol. The second-order valence-electron chi connectivity index (χ2n) is 3.92. The van der Waals surface area contributed by atoms with Gasteiger partial charge < -0.3 is 10.1 Å². The van der Waals surface area contributed by atoms with Gasteiger partial charge in [-0.2, -0.15) is 0 Å². The average molecular weight is 219 g/mol. The summed E-state index contributed by atoms with van der Waals surface area (Å²) in [5.41, 5.74) is 0. The van der Waals surface area contributed by atoms with Crippen molar-refractivity contribution >= 4 is 10.8 Å². The molecule has 0 spiro atoms. The molecule has 1 saturated heterocycles. The quantitative estimate of drug-likeness (QED) is 0.722. The van der Waals surface area contributed by atoms with Crippen molar-refractivity contribution in [2.24, 2.45) is 0 Å². The molecule has 14 heavy (non-hydrogen) atoms. The second-order valence-corrected chi connectivity index (χ2v) is 5.55. The number of nitrogens with one attached hydrogen (secondary N) is 1. The Morgan fingerprint density at radius 3 is 3.00 bits per heavy atom. The predicted molar refractivity (Wildman–Crippen MR) is 60.0 cm³/mol. The molecule has 84 valence electrons. The Bertz CT molecular complexity index is 181. The molecule has 3 nitrogen and oxygen atoms in total. The zero-order valence-corrected chi connectivity index (χ0v) is 9.94. The molecule has 0 aromatic rings. The van der Waals surface area contributed by atoms with Gasteiger partial charge in [-0.25, -0.2) is 0 Å². The summed E-state index contributed by atoms with van der Waals surface area (Å²) in [4.78, 5) is 0. The van der Waals surface area contributed by atoms with Crippen LogP contribution in [0.25, 0.3) is 0 Å². The largest absolute Gasteiger partial charge is 0.377 e. The summed E-state index contributed by atoms with van der Waals surface area (Å²) in [7, 11) is 1.24. The van der Waals surface area contributed by atoms with Crippen molar-refractivity contribution < 1.29 is 8.95 Å². The fourth-order valence-electron chi connectivity index (χ4n) is 1.52. The van der Waals surface area contributed by atoms with Gasteiger partial charge in [0, 0.05) is 35.0 Å². The lowest BCUT2D eigenvalue weighted by molar-refractivity contribution is 0.128. The van der Waals surface area contributed by atoms with Gasteiger partial charge in [0.2, 0.25) is 0 Å². The van der Waals surface area contributed by atoms with E-state index in [0.29, 0.717) is 6.04 Å². The van der Waals surface area contributed by atoms with Crippen LogP contribution in [0.15, 0.2) is 0 Å². The van der Waals surface area contributed by atoms with Gasteiger partial charge in [0.05, 0.1) is 6.10 Å². The van der Waals surface area contributed by atoms with E-state index in [1.807, 2.05) is 7.05 Å². The highest BCUT2D eigenvalue weighted by Gasteiger charge is 2.18. The lowest BCUT2D eigenvalue weighted by atomic mass is 10.3. The molecule has 1 N–H and O–H groups in total. The maximum absolute atomic E-state index is 11.6. The Morgan fingerprint density at radius 2 is 2.43 bits per heavy atom. The Kier molecular flexibility index (Phi) is 5.67. The molecule has 1 rings (SSSR count). The summed E-state index contributed by atoms with van der Waals surface area (Å²) in [5, 5.41) is 3.15. The van der Waals surface area contributed by atoms with Gasteiger partial charge in [-0.3, -0.25) is 4.21 Å². The molecule has 0 aromatic heterocycles. The van der Waals surface area contributed by atoms with E-state index in [1.165, 1.54) is 0 Å². The molecule has 3 unspecified atom stereocenters. The zero-order chi connectivity index (χ0) is 10.4. The topological polar surface area (TPSA) is 38.3 Å². The molecule has 0 saturated carbocycles. The van der Waals surface area contributed by atoms with Crippen molar-refractivity contribution in [3.63, 3.8) is 0 Å². The SMILES string of the molecule is CNC(C)CCS(=O)CC1CCCO1. The van der Waals surface area contributed by atoms with Crippen molar-refractivity contribution in [3.05, 3.63) is 0 Å². The van der Waals surface area contributed by atoms with Gasteiger partial charge in [-0.1, -0.05) is 0 Å². The van der Waals surface area contributed by atoms with Gasteiger partial charge in [0.25, 0.3) is 0 Å². The van der Waals surface area contributed by atoms with Gasteiger partial charge in [-0.05, 0) is 33.2 Å². The van der Waals surface area contributed by atoms with Crippen LogP contribution in [-0.2, 0) is 15.5 Å². The number of hydrogen-bond donors (Lipinski definition) is 1. The fraction of sp³-hybridized carbons (Fsp3) is 1.00. The van der Waals surface area contributed by atoms with Gasteiger partial charge in [-0.15, -0.1) is 0 Å². The van der Waals surface area contributed by atoms with E-state index in [2.05, 4.69) is 12.2 Å². The Hall–Kier alpha value is 0.0700. The van der Waals surface area contributed by atoms with E-state index >= 15 is 0 Å². The Labute approximate surface area is 89.1 Å². The highest BCUT2D eigenvalue weighted by Crippen LogP contribution is 2.13. The molecule has 0 aliphatic carbocycles. The van der Waals surface area contributed by atoms with Crippen LogP contribution in [0.3, 0.4) is 0 Å². The molecule has 0 bridgehead atoms. The average Bonchev–Trinajstić information content (AvgIpc) is 2.66. The van der Waals surface area contributed by atoms with Crippen molar-refractivity contribution in [1.29, 1.82) is 0 Å². The summed E-state index contributed by atoms with van der Waals surface area (Å²) in [5.74, 6) is 1.53. The summed E-state index contributed by atoms with van der Waals surface area (Å²) >= 11 is 0. The predicted octanol–water partition coefficient (Wildman–Crippen LogP) is 0.912. The molecule has 0 amide bonds. The summed E-state index contributed by atoms with van der Waals surface area (Å²) in [6, 6.07) is 0.462. The van der Waals surface area contributed by atoms with Crippen LogP contribution in [0.4, 0.5) is 0 Å². The van der Waals surface area contributed by atoms with Crippen LogP contribution >= 0.6 is 0 Å². The first-order chi connectivity index (χ1) is 6.72. The molecule has 0 radical (unpaired) electrons. The standard InChI is InChI=1S/C10H21NO2S/c1-9(11-2)5-7-14(12)8-10-4-3-6-13-10/h9-11H,3-8H2,1-2H3. The number of rotatable bonds is 6. The van der Waals surface area contributed by atoms with E-state index in [-0.39, 0.29) is 6.10 Å². The van der Waals surface area contributed by atoms with Crippen LogP contribution in [-0.4, -0.2) is 41.5 Å². The molecular formula is C10H21NO2S. The summed E-state index contributed by atoms with van der Waals surface area (Å²) < 4.78 is 17.1. The molecule has 1 aliphatic rings. The van der Waals surface area contributed by atoms with Crippen LogP contribution < -0.4 is 5.32 Å². The molecule has 1 fully saturated rings. The van der Waals surface area contributed by atoms with Crippen LogP contribution in [0, 0.1) is 0 Å². The minimum absolute atomic E-state index is 0.265. The maximum atomic E-state index is 11.6. The minimum atomic E-state index is -0.697. The molecule has 1 heterocycles. The van der Waals surface area contributed by atoms with Crippen molar-refractivity contribution in [1.82, 2.24) is 5.32 Å². The maximum Gasteiger partial charge on any atom is 0.0691 e. The first kappa shape index (κ1) is 12.1. The molecule has 3 atom stereocenters. The van der Waals surface area contributed by atoms with E-state index in [1.54, 1.807) is 0 Å². The van der Waals surface area contributed by atoms with E-state index in [9.17, 15) is 4.21 Å².